The summed E-state index contributed by atoms with van der Waals surface area (Å²) in [6.07, 6.45) is 8.50. The molecule has 6 nitrogen and oxygen atoms in total. The lowest BCUT2D eigenvalue weighted by molar-refractivity contribution is 0.631. The van der Waals surface area contributed by atoms with Crippen LogP contribution in [-0.2, 0) is 0 Å². The molecule has 0 bridgehead atoms. The summed E-state index contributed by atoms with van der Waals surface area (Å²) in [5.41, 5.74) is 6.53. The highest BCUT2D eigenvalue weighted by atomic mass is 19.1. The van der Waals surface area contributed by atoms with E-state index in [4.69, 9.17) is 0 Å². The standard InChI is InChI=1S/C24H15FN6/c25-20-4-2-1-3-16(20)19-11-26-12-23-17(19)8-22(29-23)24-18-7-14(5-6-21(18)30-31-24)15-9-27-13-28-10-15/h1-13,29H,(H,30,31). The van der Waals surface area contributed by atoms with Gasteiger partial charge in [-0.3, -0.25) is 10.1 Å². The third-order valence-electron chi connectivity index (χ3n) is 5.42. The second-order valence-electron chi connectivity index (χ2n) is 7.27. The van der Waals surface area contributed by atoms with Crippen LogP contribution in [0.5, 0.6) is 0 Å². The zero-order chi connectivity index (χ0) is 20.8. The van der Waals surface area contributed by atoms with Crippen LogP contribution in [0.25, 0.3) is 55.4 Å². The maximum Gasteiger partial charge on any atom is 0.131 e. The fourth-order valence-electron chi connectivity index (χ4n) is 3.92. The van der Waals surface area contributed by atoms with Gasteiger partial charge in [0.15, 0.2) is 0 Å². The fourth-order valence-corrected chi connectivity index (χ4v) is 3.92. The van der Waals surface area contributed by atoms with Crippen molar-refractivity contribution >= 4 is 21.8 Å². The maximum absolute atomic E-state index is 14.4. The molecule has 0 aliphatic carbocycles. The Kier molecular flexibility index (Phi) is 3.86. The van der Waals surface area contributed by atoms with Crippen molar-refractivity contribution in [3.05, 3.63) is 85.5 Å². The quantitative estimate of drug-likeness (QED) is 0.414. The summed E-state index contributed by atoms with van der Waals surface area (Å²) in [6, 6.07) is 14.8. The van der Waals surface area contributed by atoms with Gasteiger partial charge in [0.1, 0.15) is 17.8 Å². The molecule has 7 heteroatoms. The number of hydrogen-bond donors (Lipinski definition) is 2. The molecule has 6 aromatic rings. The average Bonchev–Trinajstić information content (AvgIpc) is 3.43. The molecule has 4 aromatic heterocycles. The Hall–Kier alpha value is -4.39. The Morgan fingerprint density at radius 1 is 0.710 bits per heavy atom. The molecule has 0 radical (unpaired) electrons. The first-order valence-corrected chi connectivity index (χ1v) is 9.73. The topological polar surface area (TPSA) is 83.1 Å². The predicted molar refractivity (Wildman–Crippen MR) is 118 cm³/mol. The number of pyridine rings is 1. The van der Waals surface area contributed by atoms with Gasteiger partial charge in [-0.1, -0.05) is 24.3 Å². The Morgan fingerprint density at radius 3 is 2.45 bits per heavy atom. The molecular weight excluding hydrogens is 391 g/mol. The SMILES string of the molecule is Fc1ccccc1-c1cncc2[nH]c(-c3n[nH]c4ccc(-c5cncnc5)cc34)cc12. The molecule has 2 aromatic carbocycles. The fraction of sp³-hybridized carbons (Fsp3) is 0. The lowest BCUT2D eigenvalue weighted by Crippen LogP contribution is -1.85. The summed E-state index contributed by atoms with van der Waals surface area (Å²) in [6.45, 7) is 0. The van der Waals surface area contributed by atoms with E-state index in [0.29, 0.717) is 5.56 Å². The molecule has 0 saturated carbocycles. The van der Waals surface area contributed by atoms with Crippen LogP contribution < -0.4 is 0 Å². The Bertz CT molecular complexity index is 1550. The van der Waals surface area contributed by atoms with Crippen LogP contribution in [0.1, 0.15) is 0 Å². The van der Waals surface area contributed by atoms with Gasteiger partial charge in [0.25, 0.3) is 0 Å². The van der Waals surface area contributed by atoms with E-state index in [2.05, 4.69) is 36.2 Å². The molecule has 0 atom stereocenters. The van der Waals surface area contributed by atoms with Crippen LogP contribution in [0.15, 0.2) is 79.6 Å². The highest BCUT2D eigenvalue weighted by molar-refractivity contribution is 6.01. The Labute approximate surface area is 175 Å². The molecule has 0 amide bonds. The number of hydrogen-bond acceptors (Lipinski definition) is 4. The summed E-state index contributed by atoms with van der Waals surface area (Å²) in [5, 5.41) is 9.48. The van der Waals surface area contributed by atoms with Crippen molar-refractivity contribution in [3.8, 4) is 33.6 Å². The van der Waals surface area contributed by atoms with Crippen molar-refractivity contribution in [3.63, 3.8) is 0 Å². The number of H-pyrrole nitrogens is 2. The molecule has 0 saturated heterocycles. The number of aromatic nitrogens is 6. The van der Waals surface area contributed by atoms with Crippen LogP contribution >= 0.6 is 0 Å². The zero-order valence-electron chi connectivity index (χ0n) is 16.2. The van der Waals surface area contributed by atoms with Gasteiger partial charge >= 0.3 is 0 Å². The van der Waals surface area contributed by atoms with E-state index in [1.807, 2.05) is 24.3 Å². The minimum Gasteiger partial charge on any atom is -0.352 e. The van der Waals surface area contributed by atoms with Crippen molar-refractivity contribution < 1.29 is 4.39 Å². The number of benzene rings is 2. The second kappa shape index (κ2) is 6.84. The van der Waals surface area contributed by atoms with Crippen LogP contribution in [0.4, 0.5) is 4.39 Å². The van der Waals surface area contributed by atoms with Crippen molar-refractivity contribution in [2.75, 3.05) is 0 Å². The number of nitrogens with zero attached hydrogens (tertiary/aromatic N) is 4. The van der Waals surface area contributed by atoms with Gasteiger partial charge in [-0.25, -0.2) is 14.4 Å². The van der Waals surface area contributed by atoms with Crippen molar-refractivity contribution in [1.29, 1.82) is 0 Å². The second-order valence-corrected chi connectivity index (χ2v) is 7.27. The number of rotatable bonds is 3. The van der Waals surface area contributed by atoms with Gasteiger partial charge in [0.2, 0.25) is 0 Å². The van der Waals surface area contributed by atoms with E-state index < -0.39 is 0 Å². The van der Waals surface area contributed by atoms with Gasteiger partial charge in [-0.2, -0.15) is 5.10 Å². The average molecular weight is 406 g/mol. The lowest BCUT2D eigenvalue weighted by atomic mass is 10.0. The van der Waals surface area contributed by atoms with Gasteiger partial charge in [-0.15, -0.1) is 0 Å². The molecule has 2 N–H and O–H groups in total. The third kappa shape index (κ3) is 2.86. The van der Waals surface area contributed by atoms with Gasteiger partial charge in [-0.05, 0) is 29.8 Å². The van der Waals surface area contributed by atoms with Crippen LogP contribution in [0, 0.1) is 5.82 Å². The van der Waals surface area contributed by atoms with E-state index in [-0.39, 0.29) is 5.82 Å². The monoisotopic (exact) mass is 406 g/mol. The minimum absolute atomic E-state index is 0.278. The number of nitrogens with one attached hydrogen (secondary N) is 2. The molecule has 0 aliphatic heterocycles. The number of aromatic amines is 2. The normalized spacial score (nSPS) is 11.4. The first-order chi connectivity index (χ1) is 15.3. The maximum atomic E-state index is 14.4. The highest BCUT2D eigenvalue weighted by Gasteiger charge is 2.15. The summed E-state index contributed by atoms with van der Waals surface area (Å²) >= 11 is 0. The summed E-state index contributed by atoms with van der Waals surface area (Å²) in [5.74, 6) is -0.278. The van der Waals surface area contributed by atoms with Crippen molar-refractivity contribution in [1.82, 2.24) is 30.1 Å². The molecule has 0 unspecified atom stereocenters. The predicted octanol–water partition coefficient (Wildman–Crippen LogP) is 5.37. The summed E-state index contributed by atoms with van der Waals surface area (Å²) in [4.78, 5) is 15.9. The molecule has 4 heterocycles. The smallest absolute Gasteiger partial charge is 0.131 e. The third-order valence-corrected chi connectivity index (χ3v) is 5.42. The van der Waals surface area contributed by atoms with Crippen molar-refractivity contribution in [2.24, 2.45) is 0 Å². The first kappa shape index (κ1) is 17.5. The Balaban J connectivity index is 1.53. The molecule has 0 spiro atoms. The van der Waals surface area contributed by atoms with E-state index in [0.717, 1.165) is 49.9 Å². The van der Waals surface area contributed by atoms with Crippen LogP contribution in [-0.4, -0.2) is 30.1 Å². The van der Waals surface area contributed by atoms with Crippen LogP contribution in [0.2, 0.25) is 0 Å². The number of halogens is 1. The first-order valence-electron chi connectivity index (χ1n) is 9.73. The summed E-state index contributed by atoms with van der Waals surface area (Å²) < 4.78 is 14.4. The molecular formula is C24H15FN6. The summed E-state index contributed by atoms with van der Waals surface area (Å²) in [7, 11) is 0. The minimum atomic E-state index is -0.278. The van der Waals surface area contributed by atoms with Gasteiger partial charge in [0.05, 0.1) is 22.9 Å². The highest BCUT2D eigenvalue weighted by Crippen LogP contribution is 2.35. The van der Waals surface area contributed by atoms with E-state index >= 15 is 0 Å². The molecule has 6 rings (SSSR count). The van der Waals surface area contributed by atoms with Crippen LogP contribution in [0.3, 0.4) is 0 Å². The molecule has 0 aliphatic rings. The van der Waals surface area contributed by atoms with E-state index in [9.17, 15) is 4.39 Å². The van der Waals surface area contributed by atoms with Crippen molar-refractivity contribution in [2.45, 2.75) is 0 Å². The zero-order valence-corrected chi connectivity index (χ0v) is 16.2. The number of fused-ring (bicyclic) bond motifs is 2. The van der Waals surface area contributed by atoms with Gasteiger partial charge < -0.3 is 4.98 Å². The molecule has 31 heavy (non-hydrogen) atoms. The van der Waals surface area contributed by atoms with E-state index in [1.165, 1.54) is 12.4 Å². The molecule has 148 valence electrons. The Morgan fingerprint density at radius 2 is 1.58 bits per heavy atom. The largest absolute Gasteiger partial charge is 0.352 e. The van der Waals surface area contributed by atoms with E-state index in [1.54, 1.807) is 36.9 Å². The lowest BCUT2D eigenvalue weighted by Gasteiger charge is -2.03. The molecule has 0 fully saturated rings. The van der Waals surface area contributed by atoms with Gasteiger partial charge in [0, 0.05) is 46.1 Å².